The zero-order chi connectivity index (χ0) is 47.7. The lowest BCUT2D eigenvalue weighted by Crippen LogP contribution is -2.36. The van der Waals surface area contributed by atoms with Gasteiger partial charge < -0.3 is 18.9 Å². The summed E-state index contributed by atoms with van der Waals surface area (Å²) in [7, 11) is 0. The molecule has 15 rings (SSSR count). The second kappa shape index (κ2) is 15.4. The number of hydrogen-bond donors (Lipinski definition) is 1. The summed E-state index contributed by atoms with van der Waals surface area (Å²) in [6, 6.07) is 80.7. The van der Waals surface area contributed by atoms with E-state index in [1.54, 1.807) is 0 Å². The van der Waals surface area contributed by atoms with Crippen LogP contribution in [0.1, 0.15) is 42.4 Å². The Bertz CT molecular complexity index is 4440. The molecule has 6 heteroatoms. The summed E-state index contributed by atoms with van der Waals surface area (Å²) in [6.07, 6.45) is -0.488. The van der Waals surface area contributed by atoms with Gasteiger partial charge in [0.05, 0.1) is 22.1 Å². The van der Waals surface area contributed by atoms with Gasteiger partial charge in [0.15, 0.2) is 5.84 Å². The van der Waals surface area contributed by atoms with E-state index < -0.39 is 6.29 Å². The summed E-state index contributed by atoms with van der Waals surface area (Å²) in [5, 5.41) is 10.8. The smallest absolute Gasteiger partial charge is 0.204 e. The van der Waals surface area contributed by atoms with Gasteiger partial charge in [0.25, 0.3) is 0 Å². The Morgan fingerprint density at radius 3 is 1.89 bits per heavy atom. The Hall–Kier alpha value is -9.26. The molecular formula is C66H45N5O. The van der Waals surface area contributed by atoms with Gasteiger partial charge in [-0.15, -0.1) is 0 Å². The van der Waals surface area contributed by atoms with Crippen molar-refractivity contribution in [2.75, 3.05) is 0 Å². The van der Waals surface area contributed by atoms with Crippen LogP contribution in [0.4, 0.5) is 0 Å². The van der Waals surface area contributed by atoms with Crippen molar-refractivity contribution in [1.82, 2.24) is 14.5 Å². The minimum absolute atomic E-state index is 0.189. The van der Waals surface area contributed by atoms with Crippen LogP contribution in [-0.2, 0) is 5.41 Å². The molecule has 0 saturated carbocycles. The molecule has 4 heterocycles. The number of aromatic nitrogens is 2. The van der Waals surface area contributed by atoms with E-state index in [4.69, 9.17) is 14.4 Å². The number of hydrogen-bond acceptors (Lipinski definition) is 4. The average Bonchev–Trinajstić information content (AvgIpc) is 4.15. The number of amidine groups is 2. The summed E-state index contributed by atoms with van der Waals surface area (Å²) in [5.74, 6) is 1.47. The lowest BCUT2D eigenvalue weighted by molar-refractivity contribution is 0.515. The maximum absolute atomic E-state index is 6.68. The van der Waals surface area contributed by atoms with E-state index >= 15 is 0 Å². The molecule has 1 atom stereocenters. The highest BCUT2D eigenvalue weighted by Gasteiger charge is 2.37. The number of rotatable bonds is 6. The van der Waals surface area contributed by atoms with Crippen molar-refractivity contribution in [3.63, 3.8) is 0 Å². The van der Waals surface area contributed by atoms with Gasteiger partial charge in [-0.2, -0.15) is 0 Å². The van der Waals surface area contributed by atoms with Gasteiger partial charge >= 0.3 is 0 Å². The molecule has 0 radical (unpaired) electrons. The van der Waals surface area contributed by atoms with Crippen LogP contribution in [0, 0.1) is 0 Å². The van der Waals surface area contributed by atoms with Crippen LogP contribution >= 0.6 is 0 Å². The van der Waals surface area contributed by atoms with Gasteiger partial charge in [-0.3, -0.25) is 0 Å². The third-order valence-corrected chi connectivity index (χ3v) is 15.4. The zero-order valence-electron chi connectivity index (χ0n) is 39.6. The van der Waals surface area contributed by atoms with Crippen LogP contribution < -0.4 is 5.32 Å². The van der Waals surface area contributed by atoms with Crippen molar-refractivity contribution in [2.45, 2.75) is 25.6 Å². The van der Waals surface area contributed by atoms with Crippen LogP contribution in [0.3, 0.4) is 0 Å². The Kier molecular flexibility index (Phi) is 8.67. The molecule has 0 spiro atoms. The maximum Gasteiger partial charge on any atom is 0.204 e. The lowest BCUT2D eigenvalue weighted by atomic mass is 9.82. The topological polar surface area (TPSA) is 59.8 Å². The third-order valence-electron chi connectivity index (χ3n) is 15.4. The second-order valence-electron chi connectivity index (χ2n) is 19.8. The lowest BCUT2D eigenvalue weighted by Gasteiger charge is -2.26. The molecule has 2 aliphatic rings. The van der Waals surface area contributed by atoms with Gasteiger partial charge in [0.2, 0.25) is 6.29 Å². The van der Waals surface area contributed by atoms with Crippen molar-refractivity contribution in [2.24, 2.45) is 9.98 Å². The van der Waals surface area contributed by atoms with Crippen LogP contribution in [-0.4, -0.2) is 20.8 Å². The molecule has 6 nitrogen and oxygen atoms in total. The van der Waals surface area contributed by atoms with Gasteiger partial charge in [-0.1, -0.05) is 166 Å². The number of para-hydroxylation sites is 2. The van der Waals surface area contributed by atoms with E-state index in [0.29, 0.717) is 5.84 Å². The predicted octanol–water partition coefficient (Wildman–Crippen LogP) is 16.4. The van der Waals surface area contributed by atoms with E-state index in [1.165, 1.54) is 49.4 Å². The van der Waals surface area contributed by atoms with E-state index in [-0.39, 0.29) is 5.41 Å². The molecule has 0 bridgehead atoms. The quantitative estimate of drug-likeness (QED) is 0.181. The van der Waals surface area contributed by atoms with Crippen LogP contribution in [0.15, 0.2) is 239 Å². The van der Waals surface area contributed by atoms with Crippen molar-refractivity contribution in [1.29, 1.82) is 0 Å². The number of nitrogens with one attached hydrogen (secondary N) is 1. The zero-order valence-corrected chi connectivity index (χ0v) is 39.6. The number of furan rings is 1. The molecule has 340 valence electrons. The summed E-state index contributed by atoms with van der Waals surface area (Å²) >= 11 is 0. The van der Waals surface area contributed by atoms with E-state index in [1.807, 2.05) is 24.3 Å². The summed E-state index contributed by atoms with van der Waals surface area (Å²) in [4.78, 5) is 10.6. The standard InChI is InChI=1S/C66H45N5O/c1-66(2)54-26-14-12-23-47(54)49-38-52-51-37-44(30-33-58(51)71(59(52)39-55(49)66)65-68-63(40-17-6-3-7-18-40)67-64(69-65)41-19-8-4-9-20-41)46-25-16-28-61-62(46)53-36-43(31-34-60(53)72-61)42-29-32-57-50(35-42)48-24-13-15-27-56(48)70(57)45-21-10-5-11-22-45/h3-39,65H,1-2H3,(H,67,68,69). The first-order valence-corrected chi connectivity index (χ1v) is 24.8. The highest BCUT2D eigenvalue weighted by atomic mass is 16.3. The van der Waals surface area contributed by atoms with Crippen molar-refractivity contribution < 1.29 is 4.42 Å². The molecule has 1 unspecified atom stereocenters. The van der Waals surface area contributed by atoms with Gasteiger partial charge in [-0.05, 0) is 117 Å². The number of aliphatic imine (C=N–C) groups is 2. The highest BCUT2D eigenvalue weighted by molar-refractivity contribution is 6.18. The van der Waals surface area contributed by atoms with Gasteiger partial charge in [0, 0.05) is 54.5 Å². The van der Waals surface area contributed by atoms with E-state index in [0.717, 1.165) is 83.3 Å². The molecule has 72 heavy (non-hydrogen) atoms. The van der Waals surface area contributed by atoms with Crippen LogP contribution in [0.5, 0.6) is 0 Å². The van der Waals surface area contributed by atoms with E-state index in [2.05, 4.69) is 228 Å². The normalized spacial score (nSPS) is 15.1. The SMILES string of the molecule is CC1(C)c2ccccc2-c2cc3c4cc(-c5cccc6oc7ccc(-c8ccc9c(c8)c8ccccc8n9-c8ccccc8)cc7c56)ccc4n(C4N=C(c5ccccc5)N=C(c5ccccc5)N4)c3cc21. The fourth-order valence-electron chi connectivity index (χ4n) is 12.0. The molecule has 0 saturated heterocycles. The molecule has 1 aliphatic heterocycles. The molecule has 3 aromatic heterocycles. The molecule has 1 aliphatic carbocycles. The first-order chi connectivity index (χ1) is 35.4. The van der Waals surface area contributed by atoms with Crippen molar-refractivity contribution in [3.05, 3.63) is 247 Å². The summed E-state index contributed by atoms with van der Waals surface area (Å²) in [6.45, 7) is 4.70. The molecule has 0 fully saturated rings. The summed E-state index contributed by atoms with van der Waals surface area (Å²) in [5.41, 5.74) is 19.0. The fourth-order valence-corrected chi connectivity index (χ4v) is 12.0. The molecule has 1 N–H and O–H groups in total. The second-order valence-corrected chi connectivity index (χ2v) is 19.8. The first-order valence-electron chi connectivity index (χ1n) is 24.8. The molecule has 0 amide bonds. The number of nitrogens with zero attached hydrogens (tertiary/aromatic N) is 4. The largest absolute Gasteiger partial charge is 0.456 e. The summed E-state index contributed by atoms with van der Waals surface area (Å²) < 4.78 is 11.4. The Morgan fingerprint density at radius 2 is 1.06 bits per heavy atom. The predicted molar refractivity (Wildman–Crippen MR) is 298 cm³/mol. The average molecular weight is 924 g/mol. The maximum atomic E-state index is 6.68. The minimum Gasteiger partial charge on any atom is -0.456 e. The fraction of sp³-hybridized carbons (Fsp3) is 0.0606. The van der Waals surface area contributed by atoms with Gasteiger partial charge in [0.1, 0.15) is 17.0 Å². The van der Waals surface area contributed by atoms with Crippen LogP contribution in [0.25, 0.3) is 105 Å². The Morgan fingerprint density at radius 1 is 0.431 bits per heavy atom. The van der Waals surface area contributed by atoms with Crippen LogP contribution in [0.2, 0.25) is 0 Å². The molecule has 13 aromatic rings. The highest BCUT2D eigenvalue weighted by Crippen LogP contribution is 2.51. The number of fused-ring (bicyclic) bond motifs is 12. The first kappa shape index (κ1) is 40.6. The van der Waals surface area contributed by atoms with Crippen molar-refractivity contribution in [3.8, 4) is 39.1 Å². The molecular weight excluding hydrogens is 879 g/mol. The number of benzene rings is 10. The molecule has 10 aromatic carbocycles. The van der Waals surface area contributed by atoms with Gasteiger partial charge in [-0.25, -0.2) is 9.98 Å². The Labute approximate surface area is 415 Å². The Balaban J connectivity index is 0.921. The van der Waals surface area contributed by atoms with Crippen molar-refractivity contribution >= 4 is 77.2 Å². The third kappa shape index (κ3) is 6.02. The monoisotopic (exact) mass is 923 g/mol. The van der Waals surface area contributed by atoms with E-state index in [9.17, 15) is 0 Å². The minimum atomic E-state index is -0.488.